The minimum absolute atomic E-state index is 0.0771. The fourth-order valence-electron chi connectivity index (χ4n) is 5.77. The summed E-state index contributed by atoms with van der Waals surface area (Å²) in [6.07, 6.45) is 6.60. The molecule has 0 amide bonds. The van der Waals surface area contributed by atoms with Crippen LogP contribution in [0.25, 0.3) is 0 Å². The van der Waals surface area contributed by atoms with Gasteiger partial charge in [-0.05, 0) is 75.1 Å². The van der Waals surface area contributed by atoms with E-state index in [0.717, 1.165) is 49.4 Å². The number of aliphatic imine (C=N–C) groups is 1. The lowest BCUT2D eigenvalue weighted by Gasteiger charge is -2.32. The summed E-state index contributed by atoms with van der Waals surface area (Å²) in [6, 6.07) is 14.4. The molecule has 0 radical (unpaired) electrons. The highest BCUT2D eigenvalue weighted by atomic mass is 32.2. The Hall–Kier alpha value is -3.54. The summed E-state index contributed by atoms with van der Waals surface area (Å²) in [5.74, 6) is -2.06. The molecule has 11 heteroatoms. The third kappa shape index (κ3) is 10.5. The van der Waals surface area contributed by atoms with Gasteiger partial charge in [-0.15, -0.1) is 11.8 Å². The number of esters is 2. The average molecular weight is 667 g/mol. The molecule has 254 valence electrons. The van der Waals surface area contributed by atoms with E-state index in [9.17, 15) is 19.7 Å². The van der Waals surface area contributed by atoms with Crippen LogP contribution >= 0.6 is 11.8 Å². The van der Waals surface area contributed by atoms with Crippen LogP contribution in [0.15, 0.2) is 69.7 Å². The van der Waals surface area contributed by atoms with Crippen LogP contribution in [0.1, 0.15) is 82.8 Å². The Labute approximate surface area is 281 Å². The maximum atomic E-state index is 13.6. The zero-order chi connectivity index (χ0) is 33.6. The molecule has 0 aromatic heterocycles. The number of nitrogens with zero attached hydrogens (tertiary/aromatic N) is 2. The second kappa shape index (κ2) is 18.7. The molecular formula is C36H46N2O8S. The van der Waals surface area contributed by atoms with Gasteiger partial charge in [-0.3, -0.25) is 19.9 Å². The molecule has 2 aliphatic heterocycles. The highest BCUT2D eigenvalue weighted by molar-refractivity contribution is 7.99. The molecule has 0 spiro atoms. The Balaban J connectivity index is 1.36. The number of thioether (sulfide) groups is 1. The molecule has 10 nitrogen and oxygen atoms in total. The van der Waals surface area contributed by atoms with E-state index in [0.29, 0.717) is 42.8 Å². The number of ether oxygens (including phenoxy) is 4. The van der Waals surface area contributed by atoms with Crippen LogP contribution in [-0.4, -0.2) is 61.0 Å². The van der Waals surface area contributed by atoms with Gasteiger partial charge in [0.1, 0.15) is 5.92 Å². The lowest BCUT2D eigenvalue weighted by molar-refractivity contribution is -0.384. The summed E-state index contributed by atoms with van der Waals surface area (Å²) in [4.78, 5) is 44.0. The molecular weight excluding hydrogens is 620 g/mol. The summed E-state index contributed by atoms with van der Waals surface area (Å²) in [5, 5.41) is 11.6. The van der Waals surface area contributed by atoms with Gasteiger partial charge in [-0.2, -0.15) is 0 Å². The smallest absolute Gasteiger partial charge is 0.336 e. The predicted octanol–water partition coefficient (Wildman–Crippen LogP) is 7.59. The van der Waals surface area contributed by atoms with Crippen molar-refractivity contribution in [3.8, 4) is 0 Å². The van der Waals surface area contributed by atoms with Crippen LogP contribution in [0.3, 0.4) is 0 Å². The van der Waals surface area contributed by atoms with Crippen LogP contribution in [-0.2, 0) is 35.0 Å². The molecule has 2 heterocycles. The van der Waals surface area contributed by atoms with E-state index < -0.39 is 28.7 Å². The normalized spacial score (nSPS) is 19.6. The first kappa shape index (κ1) is 36.3. The Morgan fingerprint density at radius 3 is 2.53 bits per heavy atom. The molecule has 0 aliphatic carbocycles. The van der Waals surface area contributed by atoms with Crippen LogP contribution < -0.4 is 0 Å². The molecule has 0 saturated carbocycles. The van der Waals surface area contributed by atoms with Crippen LogP contribution in [0, 0.1) is 16.0 Å². The SMILES string of the molecule is CCCCOC(=O)C1C(CC)=NC(C)=C(C(=O)OCCCSc2ccc(CCOC3CCCCO3)cc2)C1c1cccc([N+](=O)[O-])c1. The van der Waals surface area contributed by atoms with E-state index in [4.69, 9.17) is 18.9 Å². The monoisotopic (exact) mass is 666 g/mol. The van der Waals surface area contributed by atoms with Gasteiger partial charge in [-0.1, -0.05) is 44.5 Å². The van der Waals surface area contributed by atoms with E-state index in [1.165, 1.54) is 17.7 Å². The molecule has 1 fully saturated rings. The summed E-state index contributed by atoms with van der Waals surface area (Å²) in [7, 11) is 0. The quantitative estimate of drug-likeness (QED) is 0.0552. The van der Waals surface area contributed by atoms with Gasteiger partial charge in [-0.25, -0.2) is 4.79 Å². The van der Waals surface area contributed by atoms with Gasteiger partial charge in [0, 0.05) is 46.7 Å². The van der Waals surface area contributed by atoms with Gasteiger partial charge in [0.05, 0.1) is 30.3 Å². The number of nitro groups is 1. The Morgan fingerprint density at radius 1 is 1.04 bits per heavy atom. The zero-order valence-electron chi connectivity index (χ0n) is 27.6. The van der Waals surface area contributed by atoms with Crippen molar-refractivity contribution in [2.45, 2.75) is 89.2 Å². The molecule has 0 N–H and O–H groups in total. The highest BCUT2D eigenvalue weighted by Gasteiger charge is 2.43. The minimum atomic E-state index is -0.893. The number of benzene rings is 2. The lowest BCUT2D eigenvalue weighted by atomic mass is 9.74. The number of hydrogen-bond acceptors (Lipinski definition) is 10. The summed E-state index contributed by atoms with van der Waals surface area (Å²) < 4.78 is 22.8. The molecule has 2 aromatic carbocycles. The molecule has 0 bridgehead atoms. The molecule has 2 aliphatic rings. The lowest BCUT2D eigenvalue weighted by Crippen LogP contribution is -2.37. The number of nitro benzene ring substituents is 1. The van der Waals surface area contributed by atoms with Crippen molar-refractivity contribution < 1.29 is 33.5 Å². The van der Waals surface area contributed by atoms with E-state index in [1.54, 1.807) is 30.8 Å². The number of allylic oxidation sites excluding steroid dienone is 1. The summed E-state index contributed by atoms with van der Waals surface area (Å²) in [6.45, 7) is 7.44. The first-order chi connectivity index (χ1) is 22.8. The second-order valence-corrected chi connectivity index (χ2v) is 12.9. The topological polar surface area (TPSA) is 127 Å². The summed E-state index contributed by atoms with van der Waals surface area (Å²) >= 11 is 1.68. The van der Waals surface area contributed by atoms with Crippen molar-refractivity contribution >= 4 is 35.1 Å². The molecule has 2 aromatic rings. The average Bonchev–Trinajstić information content (AvgIpc) is 3.08. The largest absolute Gasteiger partial charge is 0.465 e. The third-order valence-corrected chi connectivity index (χ3v) is 9.37. The van der Waals surface area contributed by atoms with Crippen LogP contribution in [0.4, 0.5) is 5.69 Å². The minimum Gasteiger partial charge on any atom is -0.465 e. The number of carbonyl (C=O) groups is 2. The standard InChI is InChI=1S/C36H46N2O8S/c1-4-6-19-45-36(40)34-30(5-2)37-25(3)32(33(34)27-11-9-12-28(24-27)38(41)42)35(39)46-21-10-23-47-29-16-14-26(15-17-29)18-22-44-31-13-7-8-20-43-31/h9,11-12,14-17,24,31,33-34H,4-8,10,13,18-23H2,1-3H3. The van der Waals surface area contributed by atoms with Gasteiger partial charge < -0.3 is 18.9 Å². The molecule has 4 rings (SSSR count). The number of rotatable bonds is 17. The van der Waals surface area contributed by atoms with Crippen molar-refractivity contribution in [2.24, 2.45) is 10.9 Å². The first-order valence-corrected chi connectivity index (χ1v) is 17.6. The number of hydrogen-bond donors (Lipinski definition) is 0. The van der Waals surface area contributed by atoms with Crippen LogP contribution in [0.2, 0.25) is 0 Å². The third-order valence-electron chi connectivity index (χ3n) is 8.27. The van der Waals surface area contributed by atoms with E-state index in [1.807, 2.05) is 13.8 Å². The molecule has 3 unspecified atom stereocenters. The van der Waals surface area contributed by atoms with Gasteiger partial charge in [0.15, 0.2) is 6.29 Å². The van der Waals surface area contributed by atoms with Crippen LogP contribution in [0.5, 0.6) is 0 Å². The molecule has 3 atom stereocenters. The second-order valence-electron chi connectivity index (χ2n) is 11.7. The zero-order valence-corrected chi connectivity index (χ0v) is 28.4. The molecule has 47 heavy (non-hydrogen) atoms. The number of carbonyl (C=O) groups excluding carboxylic acids is 2. The van der Waals surface area contributed by atoms with E-state index >= 15 is 0 Å². The number of non-ortho nitro benzene ring substituents is 1. The Kier molecular flexibility index (Phi) is 14.4. The Bertz CT molecular complexity index is 1420. The fraction of sp³-hybridized carbons (Fsp3) is 0.528. The maximum absolute atomic E-state index is 13.6. The number of unbranched alkanes of at least 4 members (excludes halogenated alkanes) is 1. The predicted molar refractivity (Wildman–Crippen MR) is 182 cm³/mol. The van der Waals surface area contributed by atoms with Crippen molar-refractivity contribution in [1.82, 2.24) is 0 Å². The fourth-order valence-corrected chi connectivity index (χ4v) is 6.59. The van der Waals surface area contributed by atoms with E-state index in [2.05, 4.69) is 29.3 Å². The Morgan fingerprint density at radius 2 is 1.83 bits per heavy atom. The van der Waals surface area contributed by atoms with Gasteiger partial charge in [0.2, 0.25) is 0 Å². The summed E-state index contributed by atoms with van der Waals surface area (Å²) in [5.41, 5.74) is 2.78. The first-order valence-electron chi connectivity index (χ1n) is 16.6. The molecule has 1 saturated heterocycles. The van der Waals surface area contributed by atoms with Crippen molar-refractivity contribution in [3.05, 3.63) is 81.0 Å². The van der Waals surface area contributed by atoms with E-state index in [-0.39, 0.29) is 30.8 Å². The highest BCUT2D eigenvalue weighted by Crippen LogP contribution is 2.41. The maximum Gasteiger partial charge on any atom is 0.336 e. The van der Waals surface area contributed by atoms with Gasteiger partial charge >= 0.3 is 11.9 Å². The van der Waals surface area contributed by atoms with Gasteiger partial charge in [0.25, 0.3) is 5.69 Å². The van der Waals surface area contributed by atoms with Crippen molar-refractivity contribution in [1.29, 1.82) is 0 Å². The van der Waals surface area contributed by atoms with Crippen molar-refractivity contribution in [3.63, 3.8) is 0 Å². The van der Waals surface area contributed by atoms with Crippen molar-refractivity contribution in [2.75, 3.05) is 32.2 Å².